The number of methoxy groups -OCH3 is 1. The predicted octanol–water partition coefficient (Wildman–Crippen LogP) is 1.33. The number of nitrogens with zero attached hydrogens (tertiary/aromatic N) is 1. The Morgan fingerprint density at radius 2 is 2.00 bits per heavy atom. The van der Waals surface area contributed by atoms with Crippen LogP contribution < -0.4 is 5.32 Å². The Kier molecular flexibility index (Phi) is 4.55. The summed E-state index contributed by atoms with van der Waals surface area (Å²) in [5.74, 6) is -0.239. The highest BCUT2D eigenvalue weighted by atomic mass is 19.1. The molecule has 1 aromatic rings. The van der Waals surface area contributed by atoms with E-state index in [0.29, 0.717) is 25.9 Å². The molecule has 0 radical (unpaired) electrons. The molecule has 5 nitrogen and oxygen atoms in total. The van der Waals surface area contributed by atoms with Gasteiger partial charge in [0.25, 0.3) is 0 Å². The summed E-state index contributed by atoms with van der Waals surface area (Å²) in [5, 5.41) is 2.63. The van der Waals surface area contributed by atoms with Gasteiger partial charge >= 0.3 is 6.09 Å². The summed E-state index contributed by atoms with van der Waals surface area (Å²) in [5.41, 5.74) is 0.935. The van der Waals surface area contributed by atoms with Crippen LogP contribution in [0.5, 0.6) is 0 Å². The van der Waals surface area contributed by atoms with Crippen LogP contribution in [0.3, 0.4) is 0 Å². The number of rotatable bonds is 4. The van der Waals surface area contributed by atoms with Gasteiger partial charge in [-0.1, -0.05) is 12.1 Å². The summed E-state index contributed by atoms with van der Waals surface area (Å²) in [6, 6.07) is 6.11. The number of likely N-dealkylation sites (tertiary alicyclic amines) is 1. The van der Waals surface area contributed by atoms with Gasteiger partial charge in [0, 0.05) is 19.5 Å². The maximum absolute atomic E-state index is 12.7. The van der Waals surface area contributed by atoms with Crippen LogP contribution in [0, 0.1) is 5.82 Å². The molecule has 0 atom stereocenters. The number of halogens is 1. The van der Waals surface area contributed by atoms with E-state index in [-0.39, 0.29) is 17.8 Å². The SMILES string of the molecule is COC(=O)NC1CN(C(=O)CCc2ccc(F)cc2)C1. The van der Waals surface area contributed by atoms with Crippen molar-refractivity contribution in [3.63, 3.8) is 0 Å². The summed E-state index contributed by atoms with van der Waals surface area (Å²) < 4.78 is 17.2. The highest BCUT2D eigenvalue weighted by Crippen LogP contribution is 2.12. The quantitative estimate of drug-likeness (QED) is 0.905. The lowest BCUT2D eigenvalue weighted by Crippen LogP contribution is -2.61. The van der Waals surface area contributed by atoms with Crippen molar-refractivity contribution in [2.24, 2.45) is 0 Å². The molecular formula is C14H17FN2O3. The Morgan fingerprint density at radius 3 is 2.60 bits per heavy atom. The summed E-state index contributed by atoms with van der Waals surface area (Å²) >= 11 is 0. The van der Waals surface area contributed by atoms with Crippen molar-refractivity contribution in [1.82, 2.24) is 10.2 Å². The number of alkyl carbamates (subject to hydrolysis) is 1. The Bertz CT molecular complexity index is 484. The van der Waals surface area contributed by atoms with Crippen molar-refractivity contribution in [3.8, 4) is 0 Å². The molecule has 1 N–H and O–H groups in total. The van der Waals surface area contributed by atoms with Crippen LogP contribution in [-0.4, -0.2) is 43.1 Å². The van der Waals surface area contributed by atoms with Gasteiger partial charge in [0.1, 0.15) is 5.82 Å². The first-order valence-corrected chi connectivity index (χ1v) is 6.45. The minimum absolute atomic E-state index is 0.0304. The van der Waals surface area contributed by atoms with Crippen molar-refractivity contribution in [3.05, 3.63) is 35.6 Å². The van der Waals surface area contributed by atoms with Gasteiger partial charge in [0.05, 0.1) is 13.2 Å². The van der Waals surface area contributed by atoms with E-state index in [9.17, 15) is 14.0 Å². The van der Waals surface area contributed by atoms with E-state index in [1.807, 2.05) is 0 Å². The second kappa shape index (κ2) is 6.36. The van der Waals surface area contributed by atoms with Crippen LogP contribution >= 0.6 is 0 Å². The van der Waals surface area contributed by atoms with Crippen LogP contribution in [0.15, 0.2) is 24.3 Å². The summed E-state index contributed by atoms with van der Waals surface area (Å²) in [6.07, 6.45) is 0.495. The van der Waals surface area contributed by atoms with Gasteiger partial charge in [-0.3, -0.25) is 4.79 Å². The number of nitrogens with one attached hydrogen (secondary N) is 1. The predicted molar refractivity (Wildman–Crippen MR) is 70.6 cm³/mol. The number of hydrogen-bond acceptors (Lipinski definition) is 3. The maximum Gasteiger partial charge on any atom is 0.407 e. The average molecular weight is 280 g/mol. The summed E-state index contributed by atoms with van der Waals surface area (Å²) in [6.45, 7) is 1.02. The minimum atomic E-state index is -0.478. The number of carbonyl (C=O) groups excluding carboxylic acids is 2. The van der Waals surface area contributed by atoms with Gasteiger partial charge in [-0.05, 0) is 24.1 Å². The summed E-state index contributed by atoms with van der Waals surface area (Å²) in [4.78, 5) is 24.5. The molecule has 1 fully saturated rings. The zero-order valence-electron chi connectivity index (χ0n) is 11.3. The number of aryl methyl sites for hydroxylation is 1. The molecule has 0 bridgehead atoms. The molecule has 20 heavy (non-hydrogen) atoms. The van der Waals surface area contributed by atoms with Crippen LogP contribution in [0.1, 0.15) is 12.0 Å². The van der Waals surface area contributed by atoms with E-state index in [4.69, 9.17) is 0 Å². The normalized spacial score (nSPS) is 14.6. The first kappa shape index (κ1) is 14.3. The van der Waals surface area contributed by atoms with E-state index in [0.717, 1.165) is 5.56 Å². The lowest BCUT2D eigenvalue weighted by atomic mass is 10.1. The smallest absolute Gasteiger partial charge is 0.407 e. The molecule has 1 saturated heterocycles. The second-order valence-electron chi connectivity index (χ2n) is 4.76. The number of ether oxygens (including phenoxy) is 1. The monoisotopic (exact) mass is 280 g/mol. The average Bonchev–Trinajstić information content (AvgIpc) is 2.41. The molecule has 1 aliphatic rings. The second-order valence-corrected chi connectivity index (χ2v) is 4.76. The van der Waals surface area contributed by atoms with E-state index in [2.05, 4.69) is 10.1 Å². The number of benzene rings is 1. The highest BCUT2D eigenvalue weighted by molar-refractivity contribution is 5.78. The van der Waals surface area contributed by atoms with E-state index in [1.165, 1.54) is 19.2 Å². The van der Waals surface area contributed by atoms with Crippen molar-refractivity contribution in [2.45, 2.75) is 18.9 Å². The number of amides is 2. The molecule has 6 heteroatoms. The number of carbonyl (C=O) groups is 2. The Morgan fingerprint density at radius 1 is 1.35 bits per heavy atom. The van der Waals surface area contributed by atoms with Crippen molar-refractivity contribution in [2.75, 3.05) is 20.2 Å². The molecule has 0 saturated carbocycles. The minimum Gasteiger partial charge on any atom is -0.453 e. The molecule has 108 valence electrons. The Hall–Kier alpha value is -2.11. The molecule has 0 spiro atoms. The van der Waals surface area contributed by atoms with E-state index < -0.39 is 6.09 Å². The largest absolute Gasteiger partial charge is 0.453 e. The molecular weight excluding hydrogens is 263 g/mol. The first-order chi connectivity index (χ1) is 9.58. The third-order valence-electron chi connectivity index (χ3n) is 3.28. The van der Waals surface area contributed by atoms with Crippen LogP contribution in [0.2, 0.25) is 0 Å². The fourth-order valence-electron chi connectivity index (χ4n) is 2.06. The zero-order valence-corrected chi connectivity index (χ0v) is 11.3. The molecule has 1 aromatic carbocycles. The Labute approximate surface area is 116 Å². The van der Waals surface area contributed by atoms with Gasteiger partial charge < -0.3 is 15.0 Å². The van der Waals surface area contributed by atoms with Crippen LogP contribution in [-0.2, 0) is 16.0 Å². The van der Waals surface area contributed by atoms with Gasteiger partial charge in [-0.25, -0.2) is 9.18 Å². The van der Waals surface area contributed by atoms with Gasteiger partial charge in [-0.15, -0.1) is 0 Å². The highest BCUT2D eigenvalue weighted by Gasteiger charge is 2.31. The molecule has 2 rings (SSSR count). The fraction of sp³-hybridized carbons (Fsp3) is 0.429. The molecule has 0 unspecified atom stereocenters. The fourth-order valence-corrected chi connectivity index (χ4v) is 2.06. The maximum atomic E-state index is 12.7. The lowest BCUT2D eigenvalue weighted by Gasteiger charge is -2.39. The molecule has 0 aliphatic carbocycles. The van der Waals surface area contributed by atoms with Crippen LogP contribution in [0.25, 0.3) is 0 Å². The van der Waals surface area contributed by atoms with E-state index >= 15 is 0 Å². The third kappa shape index (κ3) is 3.69. The molecule has 1 aliphatic heterocycles. The van der Waals surface area contributed by atoms with Gasteiger partial charge in [0.15, 0.2) is 0 Å². The molecule has 2 amide bonds. The Balaban J connectivity index is 1.69. The van der Waals surface area contributed by atoms with Crippen LogP contribution in [0.4, 0.5) is 9.18 Å². The van der Waals surface area contributed by atoms with Crippen molar-refractivity contribution >= 4 is 12.0 Å². The first-order valence-electron chi connectivity index (χ1n) is 6.45. The molecule has 0 aromatic heterocycles. The lowest BCUT2D eigenvalue weighted by molar-refractivity contribution is -0.135. The van der Waals surface area contributed by atoms with E-state index in [1.54, 1.807) is 17.0 Å². The number of hydrogen-bond donors (Lipinski definition) is 1. The topological polar surface area (TPSA) is 58.6 Å². The van der Waals surface area contributed by atoms with Gasteiger partial charge in [0.2, 0.25) is 5.91 Å². The van der Waals surface area contributed by atoms with Crippen molar-refractivity contribution < 1.29 is 18.7 Å². The third-order valence-corrected chi connectivity index (χ3v) is 3.28. The zero-order chi connectivity index (χ0) is 14.5. The van der Waals surface area contributed by atoms with Crippen molar-refractivity contribution in [1.29, 1.82) is 0 Å². The summed E-state index contributed by atoms with van der Waals surface area (Å²) in [7, 11) is 1.31. The molecule has 1 heterocycles. The standard InChI is InChI=1S/C14H17FN2O3/c1-20-14(19)16-12-8-17(9-12)13(18)7-4-10-2-5-11(15)6-3-10/h2-3,5-6,12H,4,7-9H2,1H3,(H,16,19). The van der Waals surface area contributed by atoms with Gasteiger partial charge in [-0.2, -0.15) is 0 Å².